The number of nitrogens with two attached hydrogens (primary N) is 1. The van der Waals surface area contributed by atoms with E-state index in [0.29, 0.717) is 12.0 Å². The van der Waals surface area contributed by atoms with Crippen LogP contribution < -0.4 is 5.73 Å². The summed E-state index contributed by atoms with van der Waals surface area (Å²) in [6.45, 7) is 1.90. The summed E-state index contributed by atoms with van der Waals surface area (Å²) in [6, 6.07) is 11.5. The average molecular weight is 241 g/mol. The molecule has 3 heteroatoms. The van der Waals surface area contributed by atoms with Crippen LogP contribution in [-0.2, 0) is 0 Å². The largest absolute Gasteiger partial charge is 0.330 e. The molecule has 1 saturated heterocycles. The average Bonchev–Trinajstić information content (AvgIpc) is 3.18. The highest BCUT2D eigenvalue weighted by Crippen LogP contribution is 2.43. The van der Waals surface area contributed by atoms with E-state index >= 15 is 0 Å². The van der Waals surface area contributed by atoms with E-state index in [1.54, 1.807) is 0 Å². The Labute approximate surface area is 108 Å². The summed E-state index contributed by atoms with van der Waals surface area (Å²) in [4.78, 5) is 2.61. The minimum Gasteiger partial charge on any atom is -0.330 e. The van der Waals surface area contributed by atoms with Crippen molar-refractivity contribution < 1.29 is 0 Å². The van der Waals surface area contributed by atoms with Gasteiger partial charge in [0.05, 0.1) is 11.6 Å². The van der Waals surface area contributed by atoms with E-state index in [1.807, 2.05) is 18.2 Å². The van der Waals surface area contributed by atoms with Crippen molar-refractivity contribution in [3.8, 4) is 6.07 Å². The minimum atomic E-state index is 0.427. The maximum atomic E-state index is 9.03. The number of nitrogens with zero attached hydrogens (tertiary/aromatic N) is 2. The van der Waals surface area contributed by atoms with E-state index in [2.05, 4.69) is 17.0 Å². The number of rotatable bonds is 3. The molecule has 2 fully saturated rings. The molecular formula is C15H19N3. The molecule has 1 aliphatic heterocycles. The molecule has 3 rings (SSSR count). The van der Waals surface area contributed by atoms with Crippen molar-refractivity contribution >= 4 is 0 Å². The Morgan fingerprint density at radius 3 is 2.83 bits per heavy atom. The van der Waals surface area contributed by atoms with Crippen molar-refractivity contribution in [3.05, 3.63) is 35.4 Å². The maximum Gasteiger partial charge on any atom is 0.0991 e. The summed E-state index contributed by atoms with van der Waals surface area (Å²) < 4.78 is 0. The van der Waals surface area contributed by atoms with Gasteiger partial charge >= 0.3 is 0 Å². The normalized spacial score (nSPS) is 28.2. The number of nitriles is 1. The number of benzene rings is 1. The third-order valence-corrected chi connectivity index (χ3v) is 4.24. The Balaban J connectivity index is 1.92. The predicted octanol–water partition coefficient (Wildman–Crippen LogP) is 2.04. The van der Waals surface area contributed by atoms with Gasteiger partial charge in [-0.25, -0.2) is 0 Å². The van der Waals surface area contributed by atoms with Crippen LogP contribution in [0.1, 0.15) is 36.4 Å². The van der Waals surface area contributed by atoms with Crippen molar-refractivity contribution in [2.24, 2.45) is 11.7 Å². The molecule has 94 valence electrons. The molecule has 1 aromatic carbocycles. The van der Waals surface area contributed by atoms with Crippen LogP contribution in [0.2, 0.25) is 0 Å². The van der Waals surface area contributed by atoms with Gasteiger partial charge in [0.25, 0.3) is 0 Å². The molecule has 1 heterocycles. The summed E-state index contributed by atoms with van der Waals surface area (Å²) in [5, 5.41) is 9.03. The molecule has 1 aliphatic carbocycles. The lowest BCUT2D eigenvalue weighted by atomic mass is 9.93. The SMILES string of the molecule is N#Cc1cccc(C2C(CN)CCN2C2CC2)c1. The molecule has 18 heavy (non-hydrogen) atoms. The second-order valence-electron chi connectivity index (χ2n) is 5.44. The maximum absolute atomic E-state index is 9.03. The molecule has 0 radical (unpaired) electrons. The third kappa shape index (κ3) is 2.03. The van der Waals surface area contributed by atoms with Crippen LogP contribution >= 0.6 is 0 Å². The Morgan fingerprint density at radius 2 is 2.17 bits per heavy atom. The van der Waals surface area contributed by atoms with Gasteiger partial charge in [-0.1, -0.05) is 12.1 Å². The van der Waals surface area contributed by atoms with Crippen LogP contribution in [0, 0.1) is 17.2 Å². The first-order valence-electron chi connectivity index (χ1n) is 6.79. The van der Waals surface area contributed by atoms with E-state index in [4.69, 9.17) is 11.0 Å². The predicted molar refractivity (Wildman–Crippen MR) is 70.8 cm³/mol. The highest BCUT2D eigenvalue weighted by Gasteiger charge is 2.42. The lowest BCUT2D eigenvalue weighted by Crippen LogP contribution is -2.29. The molecule has 1 saturated carbocycles. The van der Waals surface area contributed by atoms with Crippen LogP contribution in [0.25, 0.3) is 0 Å². The van der Waals surface area contributed by atoms with E-state index in [0.717, 1.165) is 24.7 Å². The molecule has 0 spiro atoms. The fourth-order valence-electron chi connectivity index (χ4n) is 3.20. The molecule has 2 aliphatic rings. The topological polar surface area (TPSA) is 53.1 Å². The first kappa shape index (κ1) is 11.7. The molecule has 0 aromatic heterocycles. The second-order valence-corrected chi connectivity index (χ2v) is 5.44. The monoisotopic (exact) mass is 241 g/mol. The van der Waals surface area contributed by atoms with Crippen molar-refractivity contribution in [2.75, 3.05) is 13.1 Å². The molecule has 3 nitrogen and oxygen atoms in total. The summed E-state index contributed by atoms with van der Waals surface area (Å²) in [5.74, 6) is 0.541. The standard InChI is InChI=1S/C15H19N3/c16-9-11-2-1-3-12(8-11)15-13(10-17)6-7-18(15)14-4-5-14/h1-3,8,13-15H,4-7,10,17H2. The van der Waals surface area contributed by atoms with Crippen molar-refractivity contribution in [3.63, 3.8) is 0 Å². The molecule has 0 amide bonds. The van der Waals surface area contributed by atoms with Crippen molar-refractivity contribution in [1.29, 1.82) is 5.26 Å². The number of hydrogen-bond acceptors (Lipinski definition) is 3. The van der Waals surface area contributed by atoms with Crippen molar-refractivity contribution in [2.45, 2.75) is 31.3 Å². The van der Waals surface area contributed by atoms with Crippen LogP contribution in [0.4, 0.5) is 0 Å². The minimum absolute atomic E-state index is 0.427. The zero-order valence-electron chi connectivity index (χ0n) is 10.5. The van der Waals surface area contributed by atoms with Gasteiger partial charge in [-0.15, -0.1) is 0 Å². The van der Waals surface area contributed by atoms with E-state index in [1.165, 1.54) is 24.8 Å². The van der Waals surface area contributed by atoms with Crippen LogP contribution in [0.15, 0.2) is 24.3 Å². The summed E-state index contributed by atoms with van der Waals surface area (Å²) >= 11 is 0. The molecule has 2 N–H and O–H groups in total. The molecule has 2 unspecified atom stereocenters. The van der Waals surface area contributed by atoms with Gasteiger partial charge in [-0.05, 0) is 56.0 Å². The first-order chi connectivity index (χ1) is 8.83. The molecule has 1 aromatic rings. The zero-order valence-corrected chi connectivity index (χ0v) is 10.5. The van der Waals surface area contributed by atoms with Gasteiger partial charge in [0.1, 0.15) is 0 Å². The number of likely N-dealkylation sites (tertiary alicyclic amines) is 1. The van der Waals surface area contributed by atoms with Crippen LogP contribution in [0.5, 0.6) is 0 Å². The number of hydrogen-bond donors (Lipinski definition) is 1. The smallest absolute Gasteiger partial charge is 0.0991 e. The van der Waals surface area contributed by atoms with Crippen LogP contribution in [0.3, 0.4) is 0 Å². The fourth-order valence-corrected chi connectivity index (χ4v) is 3.20. The summed E-state index contributed by atoms with van der Waals surface area (Å²) in [6.07, 6.45) is 3.84. The molecule has 0 bridgehead atoms. The fraction of sp³-hybridized carbons (Fsp3) is 0.533. The first-order valence-corrected chi connectivity index (χ1v) is 6.79. The Morgan fingerprint density at radius 1 is 1.33 bits per heavy atom. The molecule has 2 atom stereocenters. The van der Waals surface area contributed by atoms with Crippen molar-refractivity contribution in [1.82, 2.24) is 4.90 Å². The van der Waals surface area contributed by atoms with Gasteiger partial charge in [0.15, 0.2) is 0 Å². The Bertz CT molecular complexity index is 473. The van der Waals surface area contributed by atoms with Gasteiger partial charge in [0, 0.05) is 12.1 Å². The van der Waals surface area contributed by atoms with E-state index in [9.17, 15) is 0 Å². The Hall–Kier alpha value is -1.37. The van der Waals surface area contributed by atoms with E-state index < -0.39 is 0 Å². The van der Waals surface area contributed by atoms with Gasteiger partial charge in [-0.2, -0.15) is 5.26 Å². The highest BCUT2D eigenvalue weighted by molar-refractivity contribution is 5.35. The van der Waals surface area contributed by atoms with Gasteiger partial charge < -0.3 is 5.73 Å². The summed E-state index contributed by atoms with van der Waals surface area (Å²) in [5.41, 5.74) is 7.95. The van der Waals surface area contributed by atoms with Gasteiger partial charge in [-0.3, -0.25) is 4.90 Å². The Kier molecular flexibility index (Phi) is 3.07. The summed E-state index contributed by atoms with van der Waals surface area (Å²) in [7, 11) is 0. The lowest BCUT2D eigenvalue weighted by molar-refractivity contribution is 0.220. The van der Waals surface area contributed by atoms with Crippen LogP contribution in [-0.4, -0.2) is 24.0 Å². The van der Waals surface area contributed by atoms with Gasteiger partial charge in [0.2, 0.25) is 0 Å². The zero-order chi connectivity index (χ0) is 12.5. The highest BCUT2D eigenvalue weighted by atomic mass is 15.2. The quantitative estimate of drug-likeness (QED) is 0.881. The third-order valence-electron chi connectivity index (χ3n) is 4.24. The molecular weight excluding hydrogens is 222 g/mol. The lowest BCUT2D eigenvalue weighted by Gasteiger charge is -2.28. The second kappa shape index (κ2) is 4.72. The van der Waals surface area contributed by atoms with E-state index in [-0.39, 0.29) is 0 Å².